The Morgan fingerprint density at radius 1 is 1.04 bits per heavy atom. The number of carbonyl (C=O) groups is 1. The van der Waals surface area contributed by atoms with Crippen LogP contribution < -0.4 is 5.32 Å². The number of aromatic nitrogens is 6. The summed E-state index contributed by atoms with van der Waals surface area (Å²) < 4.78 is 16.2. The van der Waals surface area contributed by atoms with E-state index in [1.165, 1.54) is 18.5 Å². The lowest BCUT2D eigenvalue weighted by Crippen LogP contribution is -2.28. The van der Waals surface area contributed by atoms with E-state index in [0.29, 0.717) is 12.3 Å². The highest BCUT2D eigenvalue weighted by Crippen LogP contribution is 2.18. The Hall–Kier alpha value is -3.62. The molecule has 1 amide bonds. The minimum atomic E-state index is -0.285. The molecule has 8 nitrogen and oxygen atoms in total. The van der Waals surface area contributed by atoms with Crippen LogP contribution in [0.3, 0.4) is 0 Å². The van der Waals surface area contributed by atoms with Crippen LogP contribution in [0, 0.1) is 5.82 Å². The summed E-state index contributed by atoms with van der Waals surface area (Å²) >= 11 is 0. The van der Waals surface area contributed by atoms with Gasteiger partial charge in [-0.25, -0.2) is 13.9 Å². The molecule has 0 radical (unpaired) electrons. The summed E-state index contributed by atoms with van der Waals surface area (Å²) in [6.45, 7) is 0.688. The van der Waals surface area contributed by atoms with Crippen LogP contribution >= 0.6 is 0 Å². The van der Waals surface area contributed by atoms with Crippen LogP contribution in [0.5, 0.6) is 0 Å². The zero-order valence-corrected chi connectivity index (χ0v) is 15.0. The van der Waals surface area contributed by atoms with E-state index < -0.39 is 0 Å². The number of amides is 1. The van der Waals surface area contributed by atoms with Gasteiger partial charge in [-0.05, 0) is 36.1 Å². The largest absolute Gasteiger partial charge is 0.354 e. The van der Waals surface area contributed by atoms with Gasteiger partial charge in [0.15, 0.2) is 0 Å². The van der Waals surface area contributed by atoms with E-state index >= 15 is 0 Å². The number of hydrogen-bond acceptors (Lipinski definition) is 5. The maximum atomic E-state index is 13.0. The standard InChI is InChI=1S/C19H18FN7O/c20-17-5-3-15(4-6-17)16-9-24-26(11-16)12-18(28)21-7-1-2-14-8-22-19-23-13-25-27(19)10-14/h3-6,8-11,13H,1-2,7,12H2,(H,21,28). The minimum absolute atomic E-state index is 0.112. The second-order valence-corrected chi connectivity index (χ2v) is 6.35. The third-order valence-corrected chi connectivity index (χ3v) is 4.27. The van der Waals surface area contributed by atoms with Gasteiger partial charge in [-0.1, -0.05) is 12.1 Å². The number of rotatable bonds is 7. The smallest absolute Gasteiger partial charge is 0.252 e. The zero-order chi connectivity index (χ0) is 19.3. The fraction of sp³-hybridized carbons (Fsp3) is 0.211. The van der Waals surface area contributed by atoms with E-state index in [1.54, 1.807) is 39.9 Å². The molecule has 0 saturated carbocycles. The van der Waals surface area contributed by atoms with Crippen molar-refractivity contribution < 1.29 is 9.18 Å². The number of hydrogen-bond donors (Lipinski definition) is 1. The molecule has 0 spiro atoms. The predicted octanol–water partition coefficient (Wildman–Crippen LogP) is 1.88. The lowest BCUT2D eigenvalue weighted by Gasteiger charge is -2.05. The number of fused-ring (bicyclic) bond motifs is 1. The fourth-order valence-electron chi connectivity index (χ4n) is 2.85. The summed E-state index contributed by atoms with van der Waals surface area (Å²) in [4.78, 5) is 20.3. The molecule has 0 atom stereocenters. The third-order valence-electron chi connectivity index (χ3n) is 4.27. The van der Waals surface area contributed by atoms with Crippen molar-refractivity contribution in [2.45, 2.75) is 19.4 Å². The van der Waals surface area contributed by atoms with E-state index in [9.17, 15) is 9.18 Å². The van der Waals surface area contributed by atoms with E-state index in [0.717, 1.165) is 29.5 Å². The molecule has 3 aromatic heterocycles. The molecule has 0 aliphatic carbocycles. The number of aryl methyl sites for hydroxylation is 1. The van der Waals surface area contributed by atoms with Crippen molar-refractivity contribution >= 4 is 11.7 Å². The first-order valence-corrected chi connectivity index (χ1v) is 8.87. The quantitative estimate of drug-likeness (QED) is 0.495. The van der Waals surface area contributed by atoms with Gasteiger partial charge >= 0.3 is 0 Å². The lowest BCUT2D eigenvalue weighted by atomic mass is 10.1. The first kappa shape index (κ1) is 17.8. The molecule has 9 heteroatoms. The number of benzene rings is 1. The van der Waals surface area contributed by atoms with Crippen LogP contribution in [-0.2, 0) is 17.8 Å². The van der Waals surface area contributed by atoms with Crippen molar-refractivity contribution in [1.29, 1.82) is 0 Å². The highest BCUT2D eigenvalue weighted by Gasteiger charge is 2.07. The summed E-state index contributed by atoms with van der Waals surface area (Å²) in [6, 6.07) is 6.16. The Bertz CT molecular complexity index is 1090. The number of nitrogens with zero attached hydrogens (tertiary/aromatic N) is 6. The van der Waals surface area contributed by atoms with Gasteiger partial charge in [0.25, 0.3) is 5.78 Å². The summed E-state index contributed by atoms with van der Waals surface area (Å²) in [5.41, 5.74) is 2.72. The predicted molar refractivity (Wildman–Crippen MR) is 99.7 cm³/mol. The molecule has 4 rings (SSSR count). The summed E-state index contributed by atoms with van der Waals surface area (Å²) in [6.07, 6.45) is 10.1. The van der Waals surface area contributed by atoms with Crippen molar-refractivity contribution in [2.24, 2.45) is 0 Å². The molecule has 1 N–H and O–H groups in total. The Balaban J connectivity index is 1.24. The maximum absolute atomic E-state index is 13.0. The molecule has 0 aliphatic rings. The fourth-order valence-corrected chi connectivity index (χ4v) is 2.85. The van der Waals surface area contributed by atoms with Crippen LogP contribution in [-0.4, -0.2) is 41.8 Å². The molecule has 0 unspecified atom stereocenters. The summed E-state index contributed by atoms with van der Waals surface area (Å²) in [7, 11) is 0. The van der Waals surface area contributed by atoms with Crippen LogP contribution in [0.2, 0.25) is 0 Å². The van der Waals surface area contributed by atoms with E-state index in [1.807, 2.05) is 6.20 Å². The van der Waals surface area contributed by atoms with Crippen molar-refractivity contribution in [2.75, 3.05) is 6.54 Å². The average molecular weight is 379 g/mol. The minimum Gasteiger partial charge on any atom is -0.354 e. The Kier molecular flexibility index (Phi) is 5.05. The molecule has 0 bridgehead atoms. The van der Waals surface area contributed by atoms with E-state index in [-0.39, 0.29) is 18.3 Å². The SMILES string of the molecule is O=C(Cn1cc(-c2ccc(F)cc2)cn1)NCCCc1cnc2ncnn2c1. The van der Waals surface area contributed by atoms with Gasteiger partial charge in [0.1, 0.15) is 18.7 Å². The highest BCUT2D eigenvalue weighted by atomic mass is 19.1. The average Bonchev–Trinajstić information content (AvgIpc) is 3.35. The monoisotopic (exact) mass is 379 g/mol. The first-order chi connectivity index (χ1) is 13.7. The molecule has 142 valence electrons. The van der Waals surface area contributed by atoms with Gasteiger partial charge in [0, 0.05) is 30.7 Å². The molecule has 0 aliphatic heterocycles. The van der Waals surface area contributed by atoms with Gasteiger partial charge in [0.05, 0.1) is 6.20 Å². The molecule has 28 heavy (non-hydrogen) atoms. The summed E-state index contributed by atoms with van der Waals surface area (Å²) in [5, 5.41) is 11.1. The maximum Gasteiger partial charge on any atom is 0.252 e. The van der Waals surface area contributed by atoms with Gasteiger partial charge in [-0.15, -0.1) is 0 Å². The molecular weight excluding hydrogens is 361 g/mol. The van der Waals surface area contributed by atoms with Crippen molar-refractivity contribution in [3.05, 3.63) is 66.8 Å². The third kappa shape index (κ3) is 4.20. The Morgan fingerprint density at radius 3 is 2.75 bits per heavy atom. The second-order valence-electron chi connectivity index (χ2n) is 6.35. The van der Waals surface area contributed by atoms with Gasteiger partial charge in [-0.2, -0.15) is 15.2 Å². The van der Waals surface area contributed by atoms with Crippen LogP contribution in [0.15, 0.2) is 55.4 Å². The molecular formula is C19H18FN7O. The Labute approximate surface area is 160 Å². The normalized spacial score (nSPS) is 11.0. The van der Waals surface area contributed by atoms with Gasteiger partial charge in [-0.3, -0.25) is 9.48 Å². The molecule has 0 fully saturated rings. The van der Waals surface area contributed by atoms with Crippen molar-refractivity contribution in [3.63, 3.8) is 0 Å². The molecule has 1 aromatic carbocycles. The summed E-state index contributed by atoms with van der Waals surface area (Å²) in [5.74, 6) is 0.169. The van der Waals surface area contributed by atoms with E-state index in [4.69, 9.17) is 0 Å². The van der Waals surface area contributed by atoms with Crippen LogP contribution in [0.25, 0.3) is 16.9 Å². The van der Waals surface area contributed by atoms with Gasteiger partial charge in [0.2, 0.25) is 5.91 Å². The number of carbonyl (C=O) groups excluding carboxylic acids is 1. The molecule has 4 aromatic rings. The lowest BCUT2D eigenvalue weighted by molar-refractivity contribution is -0.121. The van der Waals surface area contributed by atoms with Crippen molar-refractivity contribution in [3.8, 4) is 11.1 Å². The molecule has 3 heterocycles. The van der Waals surface area contributed by atoms with E-state index in [2.05, 4.69) is 25.5 Å². The molecule has 0 saturated heterocycles. The topological polar surface area (TPSA) is 90.0 Å². The zero-order valence-electron chi connectivity index (χ0n) is 15.0. The van der Waals surface area contributed by atoms with Gasteiger partial charge < -0.3 is 5.32 Å². The highest BCUT2D eigenvalue weighted by molar-refractivity contribution is 5.75. The second kappa shape index (κ2) is 7.95. The number of halogens is 1. The first-order valence-electron chi connectivity index (χ1n) is 8.87. The van der Waals surface area contributed by atoms with Crippen LogP contribution in [0.4, 0.5) is 4.39 Å². The van der Waals surface area contributed by atoms with Crippen LogP contribution in [0.1, 0.15) is 12.0 Å². The Morgan fingerprint density at radius 2 is 1.89 bits per heavy atom. The number of nitrogens with one attached hydrogen (secondary N) is 1. The van der Waals surface area contributed by atoms with Crippen molar-refractivity contribution in [1.82, 2.24) is 34.7 Å².